The molecule has 0 aromatic carbocycles. The topological polar surface area (TPSA) is 71.2 Å². The molecule has 1 aromatic heterocycles. The highest BCUT2D eigenvalue weighted by Crippen LogP contribution is 2.20. The summed E-state index contributed by atoms with van der Waals surface area (Å²) in [4.78, 5) is 17.4. The van der Waals surface area contributed by atoms with Crippen LogP contribution in [0.3, 0.4) is 0 Å². The first-order valence-corrected chi connectivity index (χ1v) is 7.11. The first kappa shape index (κ1) is 13.8. The molecule has 0 bridgehead atoms. The normalized spacial score (nSPS) is 16.7. The Bertz CT molecular complexity index is 416. The van der Waals surface area contributed by atoms with Crippen LogP contribution in [0.15, 0.2) is 0 Å². The number of anilines is 3. The van der Waals surface area contributed by atoms with E-state index >= 15 is 0 Å². The largest absolute Gasteiger partial charge is 0.368 e. The van der Waals surface area contributed by atoms with Crippen molar-refractivity contribution in [2.24, 2.45) is 0 Å². The van der Waals surface area contributed by atoms with Crippen LogP contribution in [0.2, 0.25) is 0 Å². The van der Waals surface area contributed by atoms with Crippen LogP contribution in [0.5, 0.6) is 0 Å². The molecule has 2 heterocycles. The minimum absolute atomic E-state index is 0.308. The van der Waals surface area contributed by atoms with Gasteiger partial charge in [-0.2, -0.15) is 15.0 Å². The molecule has 0 aliphatic carbocycles. The molecule has 6 nitrogen and oxygen atoms in total. The Morgan fingerprint density at radius 2 is 1.95 bits per heavy atom. The predicted octanol–water partition coefficient (Wildman–Crippen LogP) is 1.68. The zero-order chi connectivity index (χ0) is 13.8. The van der Waals surface area contributed by atoms with Crippen molar-refractivity contribution in [2.75, 3.05) is 35.7 Å². The molecule has 1 unspecified atom stereocenters. The summed E-state index contributed by atoms with van der Waals surface area (Å²) in [6.45, 7) is 6.38. The van der Waals surface area contributed by atoms with Crippen molar-refractivity contribution in [3.8, 4) is 0 Å². The van der Waals surface area contributed by atoms with Gasteiger partial charge in [0.25, 0.3) is 0 Å². The summed E-state index contributed by atoms with van der Waals surface area (Å²) in [5.41, 5.74) is 5.82. The van der Waals surface area contributed by atoms with E-state index in [0.29, 0.717) is 17.9 Å². The van der Waals surface area contributed by atoms with Crippen LogP contribution in [-0.4, -0.2) is 41.1 Å². The third kappa shape index (κ3) is 3.24. The highest BCUT2D eigenvalue weighted by atomic mass is 15.4. The van der Waals surface area contributed by atoms with E-state index in [9.17, 15) is 0 Å². The fraction of sp³-hybridized carbons (Fsp3) is 0.769. The smallest absolute Gasteiger partial charge is 0.231 e. The summed E-state index contributed by atoms with van der Waals surface area (Å²) < 4.78 is 0. The molecule has 0 radical (unpaired) electrons. The van der Waals surface area contributed by atoms with Crippen molar-refractivity contribution in [3.63, 3.8) is 0 Å². The van der Waals surface area contributed by atoms with Gasteiger partial charge in [-0.05, 0) is 26.2 Å². The quantitative estimate of drug-likeness (QED) is 0.872. The Morgan fingerprint density at radius 3 is 2.58 bits per heavy atom. The van der Waals surface area contributed by atoms with E-state index in [2.05, 4.69) is 38.6 Å². The number of hydrogen-bond acceptors (Lipinski definition) is 6. The Labute approximate surface area is 115 Å². The van der Waals surface area contributed by atoms with Crippen LogP contribution in [0.1, 0.15) is 39.5 Å². The molecule has 2 N–H and O–H groups in total. The van der Waals surface area contributed by atoms with Crippen molar-refractivity contribution >= 4 is 17.8 Å². The standard InChI is InChI=1S/C13H24N6/c1-4-7-10(2)18(3)12-15-11(14)16-13(17-12)19-8-5-6-9-19/h10H,4-9H2,1-3H3,(H2,14,15,16,17). The molecule has 1 atom stereocenters. The second-order valence-electron chi connectivity index (χ2n) is 5.24. The fourth-order valence-electron chi connectivity index (χ4n) is 2.39. The number of rotatable bonds is 5. The molecular formula is C13H24N6. The molecule has 1 saturated heterocycles. The average molecular weight is 264 g/mol. The van der Waals surface area contributed by atoms with Crippen molar-refractivity contribution in [1.29, 1.82) is 0 Å². The zero-order valence-electron chi connectivity index (χ0n) is 12.1. The molecule has 1 aliphatic rings. The molecule has 19 heavy (non-hydrogen) atoms. The number of nitrogens with two attached hydrogens (primary N) is 1. The lowest BCUT2D eigenvalue weighted by molar-refractivity contribution is 0.604. The van der Waals surface area contributed by atoms with E-state index in [-0.39, 0.29) is 0 Å². The SMILES string of the molecule is CCCC(C)N(C)c1nc(N)nc(N2CCCC2)n1. The molecule has 1 aliphatic heterocycles. The maximum atomic E-state index is 5.82. The van der Waals surface area contributed by atoms with Crippen LogP contribution < -0.4 is 15.5 Å². The van der Waals surface area contributed by atoms with Gasteiger partial charge in [-0.1, -0.05) is 13.3 Å². The summed E-state index contributed by atoms with van der Waals surface area (Å²) in [5.74, 6) is 1.70. The lowest BCUT2D eigenvalue weighted by Gasteiger charge is -2.25. The summed E-state index contributed by atoms with van der Waals surface area (Å²) in [5, 5.41) is 0. The summed E-state index contributed by atoms with van der Waals surface area (Å²) in [7, 11) is 2.02. The average Bonchev–Trinajstić information content (AvgIpc) is 2.91. The van der Waals surface area contributed by atoms with E-state index in [0.717, 1.165) is 31.9 Å². The maximum absolute atomic E-state index is 5.82. The molecule has 1 aromatic rings. The van der Waals surface area contributed by atoms with Crippen LogP contribution >= 0.6 is 0 Å². The van der Waals surface area contributed by atoms with Crippen molar-refractivity contribution in [2.45, 2.75) is 45.6 Å². The van der Waals surface area contributed by atoms with E-state index in [1.807, 2.05) is 7.05 Å². The van der Waals surface area contributed by atoms with Crippen molar-refractivity contribution in [1.82, 2.24) is 15.0 Å². The minimum atomic E-state index is 0.308. The van der Waals surface area contributed by atoms with Gasteiger partial charge in [-0.3, -0.25) is 0 Å². The first-order chi connectivity index (χ1) is 9.11. The van der Waals surface area contributed by atoms with Gasteiger partial charge in [0.1, 0.15) is 0 Å². The molecule has 0 amide bonds. The zero-order valence-corrected chi connectivity index (χ0v) is 12.1. The summed E-state index contributed by atoms with van der Waals surface area (Å²) >= 11 is 0. The minimum Gasteiger partial charge on any atom is -0.368 e. The van der Waals surface area contributed by atoms with Crippen LogP contribution in [0.4, 0.5) is 17.8 Å². The second kappa shape index (κ2) is 6.04. The Hall–Kier alpha value is -1.59. The van der Waals surface area contributed by atoms with Gasteiger partial charge in [-0.25, -0.2) is 0 Å². The number of nitrogen functional groups attached to an aromatic ring is 1. The number of aromatic nitrogens is 3. The first-order valence-electron chi connectivity index (χ1n) is 7.11. The highest BCUT2D eigenvalue weighted by Gasteiger charge is 2.19. The van der Waals surface area contributed by atoms with E-state index in [1.54, 1.807) is 0 Å². The lowest BCUT2D eigenvalue weighted by Crippen LogP contribution is -2.31. The van der Waals surface area contributed by atoms with Gasteiger partial charge in [0, 0.05) is 26.2 Å². The molecule has 106 valence electrons. The van der Waals surface area contributed by atoms with Crippen molar-refractivity contribution in [3.05, 3.63) is 0 Å². The molecule has 6 heteroatoms. The van der Waals surface area contributed by atoms with Gasteiger partial charge in [0.15, 0.2) is 0 Å². The van der Waals surface area contributed by atoms with Crippen molar-refractivity contribution < 1.29 is 0 Å². The van der Waals surface area contributed by atoms with E-state index < -0.39 is 0 Å². The van der Waals surface area contributed by atoms with Crippen LogP contribution in [0, 0.1) is 0 Å². The summed E-state index contributed by atoms with van der Waals surface area (Å²) in [6.07, 6.45) is 4.65. The van der Waals surface area contributed by atoms with Crippen LogP contribution in [-0.2, 0) is 0 Å². The third-order valence-corrected chi connectivity index (χ3v) is 3.70. The summed E-state index contributed by atoms with van der Waals surface area (Å²) in [6, 6.07) is 0.401. The van der Waals surface area contributed by atoms with E-state index in [4.69, 9.17) is 5.73 Å². The maximum Gasteiger partial charge on any atom is 0.231 e. The lowest BCUT2D eigenvalue weighted by atomic mass is 10.2. The number of hydrogen-bond donors (Lipinski definition) is 1. The molecule has 1 fully saturated rings. The Kier molecular flexibility index (Phi) is 4.39. The molecular weight excluding hydrogens is 240 g/mol. The number of nitrogens with zero attached hydrogens (tertiary/aromatic N) is 5. The second-order valence-corrected chi connectivity index (χ2v) is 5.24. The Balaban J connectivity index is 2.20. The van der Waals surface area contributed by atoms with Gasteiger partial charge >= 0.3 is 0 Å². The predicted molar refractivity (Wildman–Crippen MR) is 78.5 cm³/mol. The molecule has 0 spiro atoms. The Morgan fingerprint density at radius 1 is 1.26 bits per heavy atom. The van der Waals surface area contributed by atoms with Gasteiger partial charge < -0.3 is 15.5 Å². The fourth-order valence-corrected chi connectivity index (χ4v) is 2.39. The monoisotopic (exact) mass is 264 g/mol. The van der Waals surface area contributed by atoms with Crippen LogP contribution in [0.25, 0.3) is 0 Å². The van der Waals surface area contributed by atoms with Gasteiger partial charge in [0.05, 0.1) is 0 Å². The molecule has 2 rings (SSSR count). The third-order valence-electron chi connectivity index (χ3n) is 3.70. The highest BCUT2D eigenvalue weighted by molar-refractivity contribution is 5.44. The van der Waals surface area contributed by atoms with E-state index in [1.165, 1.54) is 12.8 Å². The van der Waals surface area contributed by atoms with Gasteiger partial charge in [0.2, 0.25) is 17.8 Å². The molecule has 0 saturated carbocycles. The van der Waals surface area contributed by atoms with Gasteiger partial charge in [-0.15, -0.1) is 0 Å².